The predicted molar refractivity (Wildman–Crippen MR) is 108 cm³/mol. The molecule has 0 radical (unpaired) electrons. The van der Waals surface area contributed by atoms with Gasteiger partial charge in [0, 0.05) is 0 Å². The molecule has 4 heteroatoms. The van der Waals surface area contributed by atoms with Gasteiger partial charge in [0.15, 0.2) is 0 Å². The molecule has 152 valence electrons. The first-order valence-electron chi connectivity index (χ1n) is 10.7. The van der Waals surface area contributed by atoms with Crippen LogP contribution in [0.4, 0.5) is 4.79 Å². The maximum atomic E-state index is 12.2. The van der Waals surface area contributed by atoms with Crippen LogP contribution in [0.1, 0.15) is 69.9 Å². The third kappa shape index (κ3) is 3.11. The van der Waals surface area contributed by atoms with Crippen LogP contribution in [0.15, 0.2) is 30.4 Å². The largest absolute Gasteiger partial charge is 0.509 e. The van der Waals surface area contributed by atoms with Crippen molar-refractivity contribution in [1.82, 2.24) is 0 Å². The Labute approximate surface area is 167 Å². The molecule has 1 N–H and O–H groups in total. The average molecular weight is 385 g/mol. The van der Waals surface area contributed by atoms with Crippen LogP contribution in [0.5, 0.6) is 5.75 Å². The van der Waals surface area contributed by atoms with Crippen molar-refractivity contribution in [1.29, 1.82) is 0 Å². The zero-order valence-electron chi connectivity index (χ0n) is 17.2. The first kappa shape index (κ1) is 19.4. The highest BCUT2D eigenvalue weighted by Gasteiger charge is 2.56. The number of benzene rings is 1. The highest BCUT2D eigenvalue weighted by atomic mass is 16.7. The maximum absolute atomic E-state index is 12.2. The maximum Gasteiger partial charge on any atom is 0.509 e. The molecule has 1 aromatic rings. The third-order valence-electron chi connectivity index (χ3n) is 7.80. The number of carbonyl (C=O) groups excluding carboxylic acids is 1. The highest BCUT2D eigenvalue weighted by molar-refractivity contribution is 5.61. The van der Waals surface area contributed by atoms with E-state index in [0.29, 0.717) is 23.5 Å². The van der Waals surface area contributed by atoms with Crippen LogP contribution < -0.4 is 0 Å². The van der Waals surface area contributed by atoms with E-state index in [9.17, 15) is 9.90 Å². The summed E-state index contributed by atoms with van der Waals surface area (Å²) >= 11 is 0. The van der Waals surface area contributed by atoms with Gasteiger partial charge in [0.25, 0.3) is 0 Å². The fraction of sp³-hybridized carbons (Fsp3) is 0.625. The Morgan fingerprint density at radius 1 is 1.39 bits per heavy atom. The average Bonchev–Trinajstić information content (AvgIpc) is 2.92. The van der Waals surface area contributed by atoms with E-state index >= 15 is 0 Å². The van der Waals surface area contributed by atoms with Crippen LogP contribution in [0.2, 0.25) is 0 Å². The van der Waals surface area contributed by atoms with Crippen molar-refractivity contribution in [2.45, 2.75) is 77.4 Å². The van der Waals surface area contributed by atoms with Crippen LogP contribution in [0.3, 0.4) is 0 Å². The lowest BCUT2D eigenvalue weighted by molar-refractivity contribution is 0.00928. The second kappa shape index (κ2) is 7.13. The lowest BCUT2D eigenvalue weighted by atomic mass is 9.55. The molecule has 4 rings (SSSR count). The molecular weight excluding hydrogens is 352 g/mol. The normalized spacial score (nSPS) is 34.8. The zero-order valence-corrected chi connectivity index (χ0v) is 17.2. The number of aryl methyl sites for hydroxylation is 1. The van der Waals surface area contributed by atoms with Gasteiger partial charge in [-0.05, 0) is 97.5 Å². The van der Waals surface area contributed by atoms with Crippen molar-refractivity contribution < 1.29 is 19.4 Å². The zero-order chi connectivity index (χ0) is 20.1. The van der Waals surface area contributed by atoms with Crippen molar-refractivity contribution in [3.8, 4) is 5.75 Å². The van der Waals surface area contributed by atoms with Gasteiger partial charge in [-0.15, -0.1) is 0 Å². The summed E-state index contributed by atoms with van der Waals surface area (Å²) in [5.41, 5.74) is 3.79. The molecule has 28 heavy (non-hydrogen) atoms. The van der Waals surface area contributed by atoms with E-state index in [4.69, 9.17) is 9.47 Å². The lowest BCUT2D eigenvalue weighted by Gasteiger charge is -2.49. The fourth-order valence-corrected chi connectivity index (χ4v) is 5.97. The molecule has 2 fully saturated rings. The van der Waals surface area contributed by atoms with E-state index in [1.807, 2.05) is 26.0 Å². The standard InChI is InChI=1S/C24H32O4/c1-5-14(2)27-23(26)28-22-13-21-20-8-6-16-12-17(25)7-9-18(16)19(20)10-11-24(21,4)15(22)3/h7,9,12,14,19-22,25H,3,5-6,8,10-11,13H2,1-2,4H3/t14?,19-,20-,21+,22-,24-/m1/s1. The van der Waals surface area contributed by atoms with Crippen LogP contribution >= 0.6 is 0 Å². The highest BCUT2D eigenvalue weighted by Crippen LogP contribution is 2.63. The summed E-state index contributed by atoms with van der Waals surface area (Å²) in [4.78, 5) is 12.2. The van der Waals surface area contributed by atoms with Gasteiger partial charge >= 0.3 is 6.16 Å². The molecule has 0 spiro atoms. The van der Waals surface area contributed by atoms with Crippen LogP contribution in [-0.2, 0) is 15.9 Å². The summed E-state index contributed by atoms with van der Waals surface area (Å²) in [5.74, 6) is 1.94. The molecule has 2 saturated carbocycles. The van der Waals surface area contributed by atoms with Crippen LogP contribution in [-0.4, -0.2) is 23.5 Å². The molecule has 1 unspecified atom stereocenters. The number of aromatic hydroxyl groups is 1. The quantitative estimate of drug-likeness (QED) is 0.534. The Kier molecular flexibility index (Phi) is 4.93. The molecule has 0 saturated heterocycles. The summed E-state index contributed by atoms with van der Waals surface area (Å²) in [5, 5.41) is 9.84. The van der Waals surface area contributed by atoms with Crippen molar-refractivity contribution >= 4 is 6.16 Å². The number of phenolic OH excluding ortho intramolecular Hbond substituents is 1. The first-order chi connectivity index (χ1) is 13.3. The lowest BCUT2D eigenvalue weighted by Crippen LogP contribution is -2.40. The van der Waals surface area contributed by atoms with Crippen LogP contribution in [0.25, 0.3) is 0 Å². The Bertz CT molecular complexity index is 785. The second-order valence-corrected chi connectivity index (χ2v) is 9.21. The molecular formula is C24H32O4. The smallest absolute Gasteiger partial charge is 0.508 e. The minimum atomic E-state index is -0.566. The first-order valence-corrected chi connectivity index (χ1v) is 10.7. The van der Waals surface area contributed by atoms with Crippen molar-refractivity contribution in [3.05, 3.63) is 41.5 Å². The minimum Gasteiger partial charge on any atom is -0.508 e. The molecule has 1 aromatic carbocycles. The van der Waals surface area contributed by atoms with Crippen molar-refractivity contribution in [2.24, 2.45) is 17.3 Å². The van der Waals surface area contributed by atoms with E-state index in [-0.39, 0.29) is 17.6 Å². The van der Waals surface area contributed by atoms with E-state index in [1.54, 1.807) is 0 Å². The van der Waals surface area contributed by atoms with Gasteiger partial charge in [-0.2, -0.15) is 0 Å². The van der Waals surface area contributed by atoms with Gasteiger partial charge in [0.1, 0.15) is 18.0 Å². The SMILES string of the molecule is C=C1[C@H](OC(=O)OC(C)CC)C[C@H]2[C@@H]3CCc4cc(O)ccc4[C@H]3CC[C@]12C. The summed E-state index contributed by atoms with van der Waals surface area (Å²) < 4.78 is 11.1. The summed E-state index contributed by atoms with van der Waals surface area (Å²) in [7, 11) is 0. The topological polar surface area (TPSA) is 55.8 Å². The molecule has 0 heterocycles. The Morgan fingerprint density at radius 3 is 2.93 bits per heavy atom. The Balaban J connectivity index is 1.53. The van der Waals surface area contributed by atoms with E-state index in [0.717, 1.165) is 44.1 Å². The molecule has 6 atom stereocenters. The van der Waals surface area contributed by atoms with E-state index < -0.39 is 6.16 Å². The number of fused-ring (bicyclic) bond motifs is 5. The van der Waals surface area contributed by atoms with Gasteiger partial charge in [-0.1, -0.05) is 26.5 Å². The van der Waals surface area contributed by atoms with Gasteiger partial charge in [-0.3, -0.25) is 0 Å². The second-order valence-electron chi connectivity index (χ2n) is 9.21. The Hall–Kier alpha value is -1.97. The fourth-order valence-electron chi connectivity index (χ4n) is 5.97. The number of carbonyl (C=O) groups is 1. The predicted octanol–water partition coefficient (Wildman–Crippen LogP) is 5.73. The third-order valence-corrected chi connectivity index (χ3v) is 7.80. The molecule has 0 amide bonds. The van der Waals surface area contributed by atoms with Crippen LogP contribution in [0, 0.1) is 17.3 Å². The number of phenols is 1. The van der Waals surface area contributed by atoms with Gasteiger partial charge < -0.3 is 14.6 Å². The van der Waals surface area contributed by atoms with Gasteiger partial charge in [0.2, 0.25) is 0 Å². The van der Waals surface area contributed by atoms with Crippen molar-refractivity contribution in [3.63, 3.8) is 0 Å². The monoisotopic (exact) mass is 384 g/mol. The van der Waals surface area contributed by atoms with E-state index in [1.165, 1.54) is 11.1 Å². The van der Waals surface area contributed by atoms with E-state index in [2.05, 4.69) is 19.6 Å². The minimum absolute atomic E-state index is 0.0247. The molecule has 3 aliphatic rings. The van der Waals surface area contributed by atoms with Gasteiger partial charge in [0.05, 0.1) is 0 Å². The number of hydrogen-bond acceptors (Lipinski definition) is 4. The molecule has 0 aromatic heterocycles. The molecule has 0 aliphatic heterocycles. The Morgan fingerprint density at radius 2 is 2.18 bits per heavy atom. The number of hydrogen-bond donors (Lipinski definition) is 1. The van der Waals surface area contributed by atoms with Gasteiger partial charge in [-0.25, -0.2) is 4.79 Å². The number of ether oxygens (including phenoxy) is 2. The van der Waals surface area contributed by atoms with Crippen molar-refractivity contribution in [2.75, 3.05) is 0 Å². The molecule has 3 aliphatic carbocycles. The molecule has 4 nitrogen and oxygen atoms in total. The summed E-state index contributed by atoms with van der Waals surface area (Å²) in [6, 6.07) is 5.87. The summed E-state index contributed by atoms with van der Waals surface area (Å²) in [6.45, 7) is 10.6. The summed E-state index contributed by atoms with van der Waals surface area (Å²) in [6.07, 6.45) is 5.01. The number of rotatable bonds is 3. The molecule has 0 bridgehead atoms.